The second-order valence-corrected chi connectivity index (χ2v) is 14.0. The first-order valence-corrected chi connectivity index (χ1v) is 11.6. The van der Waals surface area contributed by atoms with Gasteiger partial charge in [0.2, 0.25) is 0 Å². The Balaban J connectivity index is 2.51. The van der Waals surface area contributed by atoms with Crippen molar-refractivity contribution in [3.8, 4) is 0 Å². The fourth-order valence-corrected chi connectivity index (χ4v) is 7.39. The summed E-state index contributed by atoms with van der Waals surface area (Å²) in [6.07, 6.45) is 4.20. The fourth-order valence-electron chi connectivity index (χ4n) is 3.20. The van der Waals surface area contributed by atoms with Gasteiger partial charge in [0.15, 0.2) is 0 Å². The van der Waals surface area contributed by atoms with Crippen molar-refractivity contribution in [2.24, 2.45) is 0 Å². The van der Waals surface area contributed by atoms with Crippen LogP contribution in [-0.4, -0.2) is 18.5 Å². The molecule has 114 valence electrons. The number of rotatable bonds is 6. The molecule has 0 N–H and O–H groups in total. The summed E-state index contributed by atoms with van der Waals surface area (Å²) in [4.78, 5) is 0. The van der Waals surface area contributed by atoms with E-state index in [1.807, 2.05) is 0 Å². The minimum atomic E-state index is -2.31. The topological polar surface area (TPSA) is 0 Å². The molecule has 0 aromatic heterocycles. The van der Waals surface area contributed by atoms with Crippen LogP contribution in [0.15, 0.2) is 54.6 Å². The summed E-state index contributed by atoms with van der Waals surface area (Å²) < 4.78 is 0. The van der Waals surface area contributed by atoms with Crippen LogP contribution in [0.1, 0.15) is 31.9 Å². The fraction of sp³-hybridized carbons (Fsp3) is 0.368. The molecule has 2 rings (SSSR count). The Bertz CT molecular complexity index is 577. The Hall–Kier alpha value is -0.840. The van der Waals surface area contributed by atoms with Crippen molar-refractivity contribution in [3.63, 3.8) is 0 Å². The van der Waals surface area contributed by atoms with E-state index in [2.05, 4.69) is 75.4 Å². The molecule has 0 aliphatic heterocycles. The minimum absolute atomic E-state index is 0.974. The van der Waals surface area contributed by atoms with Crippen LogP contribution in [-0.2, 0) is 6.42 Å². The van der Waals surface area contributed by atoms with E-state index < -0.39 is 5.96 Å². The van der Waals surface area contributed by atoms with E-state index in [4.69, 9.17) is 11.2 Å². The van der Waals surface area contributed by atoms with E-state index in [0.717, 1.165) is 24.9 Å². The van der Waals surface area contributed by atoms with Gasteiger partial charge in [0.25, 0.3) is 0 Å². The predicted molar refractivity (Wildman–Crippen MR) is 99.7 cm³/mol. The molecule has 0 heterocycles. The Morgan fingerprint density at radius 2 is 1.29 bits per heavy atom. The molecule has 0 nitrogen and oxygen atoms in total. The molecule has 0 bridgehead atoms. The van der Waals surface area contributed by atoms with Gasteiger partial charge in [0.05, 0.1) is 0 Å². The molecule has 0 fully saturated rings. The Labute approximate surface area is 134 Å². The summed E-state index contributed by atoms with van der Waals surface area (Å²) in [5.41, 5.74) is 2.76. The summed E-state index contributed by atoms with van der Waals surface area (Å²) in [6, 6.07) is 19.5. The summed E-state index contributed by atoms with van der Waals surface area (Å²) >= 11 is 7.38. The van der Waals surface area contributed by atoms with Crippen molar-refractivity contribution >= 4 is 22.5 Å². The number of halogens is 1. The molecular weight excluding hydrogens is 295 g/mol. The van der Waals surface area contributed by atoms with Crippen LogP contribution in [0.4, 0.5) is 0 Å². The molecule has 2 aromatic carbocycles. The molecule has 0 amide bonds. The zero-order valence-electron chi connectivity index (χ0n) is 13.3. The van der Waals surface area contributed by atoms with E-state index in [-0.39, 0.29) is 0 Å². The van der Waals surface area contributed by atoms with Gasteiger partial charge in [0.1, 0.15) is 0 Å². The van der Waals surface area contributed by atoms with Crippen LogP contribution in [0.5, 0.6) is 0 Å². The molecule has 2 heteroatoms. The van der Waals surface area contributed by atoms with Crippen molar-refractivity contribution < 1.29 is 0 Å². The maximum absolute atomic E-state index is 7.38. The van der Waals surface area contributed by atoms with Gasteiger partial charge in [-0.05, 0) is 0 Å². The van der Waals surface area contributed by atoms with E-state index in [1.165, 1.54) is 16.4 Å². The first-order chi connectivity index (χ1) is 10.1. The average Bonchev–Trinajstić information content (AvgIpc) is 2.56. The van der Waals surface area contributed by atoms with Crippen molar-refractivity contribution in [1.82, 2.24) is 0 Å². The Kier molecular flexibility index (Phi) is 5.12. The van der Waals surface area contributed by atoms with Crippen molar-refractivity contribution in [2.45, 2.75) is 27.2 Å². The van der Waals surface area contributed by atoms with Crippen molar-refractivity contribution in [1.29, 1.82) is 0 Å². The summed E-state index contributed by atoms with van der Waals surface area (Å²) in [6.45, 7) is 6.78. The second-order valence-electron chi connectivity index (χ2n) is 5.83. The second kappa shape index (κ2) is 6.51. The molecule has 0 unspecified atom stereocenters. The van der Waals surface area contributed by atoms with Crippen LogP contribution in [0.2, 0.25) is 0 Å². The molecule has 0 radical (unpaired) electrons. The molecule has 0 aliphatic carbocycles. The average molecular weight is 321 g/mol. The molecule has 0 saturated carbocycles. The summed E-state index contributed by atoms with van der Waals surface area (Å²) in [7, 11) is 0. The van der Waals surface area contributed by atoms with Crippen molar-refractivity contribution in [2.75, 3.05) is 18.5 Å². The summed E-state index contributed by atoms with van der Waals surface area (Å²) in [5, 5.41) is 1.43. The van der Waals surface area contributed by atoms with Crippen LogP contribution < -0.4 is 5.30 Å². The molecule has 0 spiro atoms. The van der Waals surface area contributed by atoms with E-state index in [1.54, 1.807) is 0 Å². The number of hydrogen-bond acceptors (Lipinski definition) is 0. The third kappa shape index (κ3) is 3.17. The molecule has 0 aliphatic rings. The monoisotopic (exact) mass is 320 g/mol. The zero-order valence-corrected chi connectivity index (χ0v) is 15.0. The van der Waals surface area contributed by atoms with Gasteiger partial charge in [0, 0.05) is 0 Å². The molecule has 0 atom stereocenters. The van der Waals surface area contributed by atoms with Crippen LogP contribution in [0.3, 0.4) is 0 Å². The SMILES string of the molecule is CCP(Cl)(CC)(CC)c1ccccc1Cc1ccccc1. The Morgan fingerprint density at radius 1 is 0.762 bits per heavy atom. The normalized spacial score (nSPS) is 13.6. The molecular formula is C19H26ClP. The van der Waals surface area contributed by atoms with Gasteiger partial charge < -0.3 is 0 Å². The van der Waals surface area contributed by atoms with Crippen LogP contribution in [0, 0.1) is 0 Å². The van der Waals surface area contributed by atoms with Gasteiger partial charge in [-0.3, -0.25) is 0 Å². The molecule has 0 saturated heterocycles. The quantitative estimate of drug-likeness (QED) is 0.602. The van der Waals surface area contributed by atoms with Crippen molar-refractivity contribution in [3.05, 3.63) is 65.7 Å². The van der Waals surface area contributed by atoms with Gasteiger partial charge in [-0.25, -0.2) is 0 Å². The van der Waals surface area contributed by atoms with Gasteiger partial charge >= 0.3 is 134 Å². The van der Waals surface area contributed by atoms with Gasteiger partial charge in [-0.1, -0.05) is 0 Å². The summed E-state index contributed by atoms with van der Waals surface area (Å²) in [5.74, 6) is -2.31. The molecule has 21 heavy (non-hydrogen) atoms. The van der Waals surface area contributed by atoms with E-state index >= 15 is 0 Å². The van der Waals surface area contributed by atoms with E-state index in [0.29, 0.717) is 0 Å². The number of hydrogen-bond donors (Lipinski definition) is 0. The Morgan fingerprint density at radius 3 is 1.86 bits per heavy atom. The van der Waals surface area contributed by atoms with Crippen LogP contribution >= 0.6 is 17.2 Å². The van der Waals surface area contributed by atoms with Gasteiger partial charge in [-0.15, -0.1) is 0 Å². The zero-order chi connectivity index (χ0) is 15.4. The first-order valence-electron chi connectivity index (χ1n) is 7.91. The van der Waals surface area contributed by atoms with E-state index in [9.17, 15) is 0 Å². The first kappa shape index (κ1) is 16.5. The molecule has 2 aromatic rings. The predicted octanol–water partition coefficient (Wildman–Crippen LogP) is 5.67. The standard InChI is InChI=1S/C19H26ClP/c1-4-21(20,5-2,6-3)19-15-11-10-14-18(19)16-17-12-8-7-9-13-17/h7-15H,4-6,16H2,1-3H3. The number of benzene rings is 2. The van der Waals surface area contributed by atoms with Crippen LogP contribution in [0.25, 0.3) is 0 Å². The third-order valence-corrected chi connectivity index (χ3v) is 13.7. The third-order valence-electron chi connectivity index (χ3n) is 5.01. The maximum atomic E-state index is 7.38. The van der Waals surface area contributed by atoms with Gasteiger partial charge in [-0.2, -0.15) is 0 Å².